The van der Waals surface area contributed by atoms with Crippen LogP contribution in [0.15, 0.2) is 55.1 Å². The van der Waals surface area contributed by atoms with Crippen LogP contribution in [0.2, 0.25) is 0 Å². The number of fused-ring (bicyclic) bond motifs is 2. The van der Waals surface area contributed by atoms with Crippen LogP contribution in [0.4, 0.5) is 0 Å². The highest BCUT2D eigenvalue weighted by molar-refractivity contribution is 5.89. The van der Waals surface area contributed by atoms with Crippen LogP contribution in [0.3, 0.4) is 0 Å². The molecule has 0 unspecified atom stereocenters. The van der Waals surface area contributed by atoms with Gasteiger partial charge in [-0.1, -0.05) is 24.3 Å². The van der Waals surface area contributed by atoms with Gasteiger partial charge in [0.2, 0.25) is 0 Å². The van der Waals surface area contributed by atoms with Gasteiger partial charge in [0.15, 0.2) is 0 Å². The van der Waals surface area contributed by atoms with E-state index in [0.29, 0.717) is 6.61 Å². The van der Waals surface area contributed by atoms with Crippen molar-refractivity contribution in [3.63, 3.8) is 0 Å². The Hall–Kier alpha value is -2.42. The van der Waals surface area contributed by atoms with Gasteiger partial charge in [0.1, 0.15) is 11.3 Å². The molecule has 2 aromatic carbocycles. The molecule has 0 radical (unpaired) electrons. The molecule has 0 saturated heterocycles. The molecular weight excluding hydrogens is 236 g/mol. The fourth-order valence-electron chi connectivity index (χ4n) is 1.99. The van der Waals surface area contributed by atoms with Crippen LogP contribution in [0.1, 0.15) is 6.42 Å². The smallest absolute Gasteiger partial charge is 0.147 e. The second kappa shape index (κ2) is 5.06. The van der Waals surface area contributed by atoms with Crippen LogP contribution in [0.5, 0.6) is 5.75 Å². The van der Waals surface area contributed by atoms with E-state index in [1.165, 1.54) is 0 Å². The zero-order chi connectivity index (χ0) is 13.1. The zero-order valence-corrected chi connectivity index (χ0v) is 10.5. The largest absolute Gasteiger partial charge is 0.491 e. The first-order chi connectivity index (χ1) is 9.38. The highest BCUT2D eigenvalue weighted by Gasteiger charge is 2.06. The lowest BCUT2D eigenvalue weighted by molar-refractivity contribution is 0.328. The van der Waals surface area contributed by atoms with E-state index in [0.717, 1.165) is 34.2 Å². The Balaban J connectivity index is 2.12. The third kappa shape index (κ3) is 2.27. The summed E-state index contributed by atoms with van der Waals surface area (Å²) < 4.78 is 5.73. The molecule has 0 aliphatic rings. The van der Waals surface area contributed by atoms with E-state index in [2.05, 4.69) is 16.5 Å². The maximum Gasteiger partial charge on any atom is 0.147 e. The van der Waals surface area contributed by atoms with Gasteiger partial charge in [0, 0.05) is 0 Å². The van der Waals surface area contributed by atoms with Crippen molar-refractivity contribution in [2.75, 3.05) is 6.61 Å². The van der Waals surface area contributed by atoms with E-state index in [1.807, 2.05) is 48.5 Å². The average molecular weight is 250 g/mol. The van der Waals surface area contributed by atoms with Crippen molar-refractivity contribution in [3.8, 4) is 5.75 Å². The van der Waals surface area contributed by atoms with E-state index < -0.39 is 0 Å². The fraction of sp³-hybridized carbons (Fsp3) is 0.125. The van der Waals surface area contributed by atoms with E-state index in [1.54, 1.807) is 0 Å². The van der Waals surface area contributed by atoms with Gasteiger partial charge in [0.25, 0.3) is 0 Å². The number of rotatable bonds is 4. The van der Waals surface area contributed by atoms with Crippen LogP contribution >= 0.6 is 0 Å². The molecule has 0 fully saturated rings. The Morgan fingerprint density at radius 3 is 2.47 bits per heavy atom. The summed E-state index contributed by atoms with van der Waals surface area (Å²) in [5, 5.41) is 0. The minimum Gasteiger partial charge on any atom is -0.491 e. The number of benzene rings is 2. The van der Waals surface area contributed by atoms with Crippen LogP contribution in [0.25, 0.3) is 22.1 Å². The lowest BCUT2D eigenvalue weighted by Crippen LogP contribution is -1.98. The maximum absolute atomic E-state index is 5.73. The minimum absolute atomic E-state index is 0.608. The predicted octanol–water partition coefficient (Wildman–Crippen LogP) is 3.74. The molecule has 3 rings (SSSR count). The number of para-hydroxylation sites is 3. The molecule has 94 valence electrons. The molecule has 19 heavy (non-hydrogen) atoms. The molecule has 0 N–H and O–H groups in total. The number of nitrogens with zero attached hydrogens (tertiary/aromatic N) is 2. The molecule has 0 aliphatic carbocycles. The highest BCUT2D eigenvalue weighted by atomic mass is 16.5. The van der Waals surface area contributed by atoms with E-state index >= 15 is 0 Å². The molecule has 1 aromatic heterocycles. The molecule has 3 heteroatoms. The van der Waals surface area contributed by atoms with E-state index in [-0.39, 0.29) is 0 Å². The van der Waals surface area contributed by atoms with E-state index in [9.17, 15) is 0 Å². The number of aromatic nitrogens is 2. The Morgan fingerprint density at radius 1 is 0.947 bits per heavy atom. The molecule has 0 saturated carbocycles. The first kappa shape index (κ1) is 11.7. The molecule has 0 bridgehead atoms. The summed E-state index contributed by atoms with van der Waals surface area (Å²) in [5.74, 6) is 0.776. The summed E-state index contributed by atoms with van der Waals surface area (Å²) in [5.41, 5.74) is 3.45. The molecule has 1 heterocycles. The van der Waals surface area contributed by atoms with Crippen LogP contribution in [0, 0.1) is 0 Å². The van der Waals surface area contributed by atoms with Gasteiger partial charge in [0.05, 0.1) is 23.2 Å². The summed E-state index contributed by atoms with van der Waals surface area (Å²) in [6.45, 7) is 4.30. The second-order valence-electron chi connectivity index (χ2n) is 4.26. The summed E-state index contributed by atoms with van der Waals surface area (Å²) in [6.07, 6.45) is 2.66. The van der Waals surface area contributed by atoms with Crippen molar-refractivity contribution in [1.82, 2.24) is 9.97 Å². The summed E-state index contributed by atoms with van der Waals surface area (Å²) >= 11 is 0. The zero-order valence-electron chi connectivity index (χ0n) is 10.5. The van der Waals surface area contributed by atoms with Crippen LogP contribution < -0.4 is 4.74 Å². The van der Waals surface area contributed by atoms with Gasteiger partial charge < -0.3 is 4.74 Å². The first-order valence-electron chi connectivity index (χ1n) is 6.28. The average Bonchev–Trinajstić information content (AvgIpc) is 2.46. The van der Waals surface area contributed by atoms with Gasteiger partial charge in [-0.15, -0.1) is 6.58 Å². The third-order valence-electron chi connectivity index (χ3n) is 2.91. The van der Waals surface area contributed by atoms with Crippen molar-refractivity contribution in [1.29, 1.82) is 0 Å². The molecular formula is C16H14N2O. The Labute approximate surface area is 111 Å². The first-order valence-corrected chi connectivity index (χ1v) is 6.28. The Morgan fingerprint density at radius 2 is 1.68 bits per heavy atom. The van der Waals surface area contributed by atoms with Crippen LogP contribution in [-0.4, -0.2) is 16.6 Å². The van der Waals surface area contributed by atoms with Gasteiger partial charge in [-0.25, -0.2) is 9.97 Å². The molecule has 3 aromatic rings. The second-order valence-corrected chi connectivity index (χ2v) is 4.26. The maximum atomic E-state index is 5.73. The molecule has 0 amide bonds. The van der Waals surface area contributed by atoms with Crippen molar-refractivity contribution < 1.29 is 4.74 Å². The topological polar surface area (TPSA) is 35.0 Å². The molecule has 0 spiro atoms. The van der Waals surface area contributed by atoms with Gasteiger partial charge in [-0.05, 0) is 30.7 Å². The molecule has 0 aliphatic heterocycles. The quantitative estimate of drug-likeness (QED) is 0.402. The Bertz CT molecular complexity index is 737. The van der Waals surface area contributed by atoms with Crippen molar-refractivity contribution >= 4 is 22.1 Å². The normalized spacial score (nSPS) is 10.7. The standard InChI is InChI=1S/C16H14N2O/c1-2-3-11-19-15-10-6-9-14-16(15)18-13-8-5-4-7-12(13)17-14/h2,4-10H,1,3,11H2. The van der Waals surface area contributed by atoms with Crippen molar-refractivity contribution in [2.24, 2.45) is 0 Å². The van der Waals surface area contributed by atoms with Crippen molar-refractivity contribution in [2.45, 2.75) is 6.42 Å². The number of hydrogen-bond acceptors (Lipinski definition) is 3. The van der Waals surface area contributed by atoms with Crippen LogP contribution in [-0.2, 0) is 0 Å². The fourth-order valence-corrected chi connectivity index (χ4v) is 1.99. The lowest BCUT2D eigenvalue weighted by Gasteiger charge is -2.08. The van der Waals surface area contributed by atoms with Gasteiger partial charge in [-0.2, -0.15) is 0 Å². The lowest BCUT2D eigenvalue weighted by atomic mass is 10.2. The Kier molecular flexibility index (Phi) is 3.11. The molecule has 3 nitrogen and oxygen atoms in total. The summed E-state index contributed by atoms with van der Waals surface area (Å²) in [7, 11) is 0. The van der Waals surface area contributed by atoms with Crippen molar-refractivity contribution in [3.05, 3.63) is 55.1 Å². The van der Waals surface area contributed by atoms with E-state index in [4.69, 9.17) is 4.74 Å². The summed E-state index contributed by atoms with van der Waals surface area (Å²) in [6, 6.07) is 13.7. The number of hydrogen-bond donors (Lipinski definition) is 0. The van der Waals surface area contributed by atoms with Gasteiger partial charge >= 0.3 is 0 Å². The predicted molar refractivity (Wildman–Crippen MR) is 77.4 cm³/mol. The summed E-state index contributed by atoms with van der Waals surface area (Å²) in [4.78, 5) is 9.25. The minimum atomic E-state index is 0.608. The van der Waals surface area contributed by atoms with Gasteiger partial charge in [-0.3, -0.25) is 0 Å². The SMILES string of the molecule is C=CCCOc1cccc2nc3ccccc3nc12. The highest BCUT2D eigenvalue weighted by Crippen LogP contribution is 2.24. The number of ether oxygens (including phenoxy) is 1. The molecule has 0 atom stereocenters. The monoisotopic (exact) mass is 250 g/mol. The third-order valence-corrected chi connectivity index (χ3v) is 2.91.